The topological polar surface area (TPSA) is 64.1 Å². The highest BCUT2D eigenvalue weighted by atomic mass is 16.3. The predicted molar refractivity (Wildman–Crippen MR) is 64.3 cm³/mol. The molecule has 0 spiro atoms. The number of rotatable bonds is 4. The van der Waals surface area contributed by atoms with Crippen LogP contribution in [0.25, 0.3) is 0 Å². The minimum atomic E-state index is 0.760. The largest absolute Gasteiger partial charge is 0.469 e. The van der Waals surface area contributed by atoms with Crippen LogP contribution in [0, 0.1) is 6.92 Å². The molecule has 16 heavy (non-hydrogen) atoms. The Balaban J connectivity index is 1.87. The van der Waals surface area contributed by atoms with Gasteiger partial charge in [0.15, 0.2) is 0 Å². The third-order valence-corrected chi connectivity index (χ3v) is 2.40. The number of furan rings is 1. The highest BCUT2D eigenvalue weighted by Gasteiger charge is 1.99. The first-order valence-corrected chi connectivity index (χ1v) is 5.24. The summed E-state index contributed by atoms with van der Waals surface area (Å²) in [5.74, 6) is 1.77. The van der Waals surface area contributed by atoms with E-state index in [1.807, 2.05) is 25.1 Å². The normalized spacial score (nSPS) is 10.3. The van der Waals surface area contributed by atoms with Gasteiger partial charge in [-0.3, -0.25) is 0 Å². The van der Waals surface area contributed by atoms with Crippen LogP contribution >= 0.6 is 0 Å². The van der Waals surface area contributed by atoms with E-state index in [9.17, 15) is 0 Å². The van der Waals surface area contributed by atoms with Gasteiger partial charge in [-0.1, -0.05) is 0 Å². The van der Waals surface area contributed by atoms with Crippen LogP contribution < -0.4 is 11.1 Å². The molecule has 0 aliphatic rings. The Morgan fingerprint density at radius 3 is 3.06 bits per heavy atom. The zero-order valence-corrected chi connectivity index (χ0v) is 9.23. The zero-order valence-electron chi connectivity index (χ0n) is 9.23. The monoisotopic (exact) mass is 217 g/mol. The maximum Gasteiger partial charge on any atom is 0.127 e. The van der Waals surface area contributed by atoms with E-state index >= 15 is 0 Å². The molecule has 0 fully saturated rings. The average molecular weight is 217 g/mol. The van der Waals surface area contributed by atoms with Crippen molar-refractivity contribution in [1.82, 2.24) is 4.98 Å². The van der Waals surface area contributed by atoms with E-state index in [0.29, 0.717) is 0 Å². The third-order valence-electron chi connectivity index (χ3n) is 2.40. The Labute approximate surface area is 94.5 Å². The molecule has 0 unspecified atom stereocenters. The first-order chi connectivity index (χ1) is 7.75. The van der Waals surface area contributed by atoms with Crippen LogP contribution in [0.4, 0.5) is 11.5 Å². The van der Waals surface area contributed by atoms with E-state index < -0.39 is 0 Å². The van der Waals surface area contributed by atoms with Gasteiger partial charge in [-0.25, -0.2) is 4.98 Å². The summed E-state index contributed by atoms with van der Waals surface area (Å²) in [6, 6.07) is 5.69. The van der Waals surface area contributed by atoms with Crippen LogP contribution in [0.1, 0.15) is 11.3 Å². The Kier molecular flexibility index (Phi) is 3.10. The average Bonchev–Trinajstić information content (AvgIpc) is 2.76. The summed E-state index contributed by atoms with van der Waals surface area (Å²) in [6.07, 6.45) is 4.28. The Morgan fingerprint density at radius 1 is 1.50 bits per heavy atom. The molecule has 0 amide bonds. The maximum absolute atomic E-state index is 5.79. The van der Waals surface area contributed by atoms with Gasteiger partial charge >= 0.3 is 0 Å². The highest BCUT2D eigenvalue weighted by molar-refractivity contribution is 5.53. The minimum Gasteiger partial charge on any atom is -0.469 e. The Morgan fingerprint density at radius 2 is 2.38 bits per heavy atom. The third kappa shape index (κ3) is 2.53. The van der Waals surface area contributed by atoms with Crippen LogP contribution in [-0.4, -0.2) is 11.5 Å². The number of aryl methyl sites for hydroxylation is 1. The van der Waals surface area contributed by atoms with Gasteiger partial charge in [-0.05, 0) is 24.6 Å². The molecule has 0 aliphatic carbocycles. The van der Waals surface area contributed by atoms with Gasteiger partial charge in [0.25, 0.3) is 0 Å². The number of hydrogen-bond acceptors (Lipinski definition) is 4. The molecule has 0 radical (unpaired) electrons. The number of nitrogens with zero attached hydrogens (tertiary/aromatic N) is 1. The Hall–Kier alpha value is -1.97. The van der Waals surface area contributed by atoms with Crippen molar-refractivity contribution in [3.63, 3.8) is 0 Å². The lowest BCUT2D eigenvalue weighted by Gasteiger charge is -2.06. The quantitative estimate of drug-likeness (QED) is 0.824. The van der Waals surface area contributed by atoms with Gasteiger partial charge in [-0.15, -0.1) is 0 Å². The molecule has 0 aliphatic heterocycles. The fraction of sp³-hybridized carbons (Fsp3) is 0.250. The second kappa shape index (κ2) is 4.70. The second-order valence-electron chi connectivity index (χ2n) is 3.68. The van der Waals surface area contributed by atoms with Crippen molar-refractivity contribution in [2.24, 2.45) is 0 Å². The molecule has 0 saturated heterocycles. The molecule has 0 bridgehead atoms. The van der Waals surface area contributed by atoms with E-state index in [1.54, 1.807) is 12.5 Å². The smallest absolute Gasteiger partial charge is 0.127 e. The van der Waals surface area contributed by atoms with Crippen LogP contribution in [0.5, 0.6) is 0 Å². The minimum absolute atomic E-state index is 0.760. The fourth-order valence-electron chi connectivity index (χ4n) is 1.40. The number of anilines is 2. The fourth-order valence-corrected chi connectivity index (χ4v) is 1.40. The lowest BCUT2D eigenvalue weighted by molar-refractivity contribution is 0.513. The van der Waals surface area contributed by atoms with E-state index in [4.69, 9.17) is 10.2 Å². The molecular formula is C12H15N3O. The first-order valence-electron chi connectivity index (χ1n) is 5.24. The molecule has 3 N–H and O–H groups in total. The van der Waals surface area contributed by atoms with Crippen molar-refractivity contribution < 1.29 is 4.42 Å². The van der Waals surface area contributed by atoms with Gasteiger partial charge < -0.3 is 15.5 Å². The van der Waals surface area contributed by atoms with Crippen molar-refractivity contribution in [3.8, 4) is 0 Å². The summed E-state index contributed by atoms with van der Waals surface area (Å²) in [5, 5.41) is 3.20. The lowest BCUT2D eigenvalue weighted by atomic mass is 10.2. The molecule has 0 saturated carbocycles. The number of aromatic nitrogens is 1. The summed E-state index contributed by atoms with van der Waals surface area (Å²) < 4.78 is 5.23. The van der Waals surface area contributed by atoms with E-state index in [0.717, 1.165) is 35.8 Å². The number of nitrogens with two attached hydrogens (primary N) is 1. The number of pyridine rings is 1. The molecular weight excluding hydrogens is 202 g/mol. The van der Waals surface area contributed by atoms with Gasteiger partial charge in [0.2, 0.25) is 0 Å². The number of hydrogen-bond donors (Lipinski definition) is 2. The summed E-state index contributed by atoms with van der Waals surface area (Å²) in [5.41, 5.74) is 7.54. The lowest BCUT2D eigenvalue weighted by Crippen LogP contribution is -2.06. The van der Waals surface area contributed by atoms with Crippen LogP contribution in [0.15, 0.2) is 35.1 Å². The predicted octanol–water partition coefficient (Wildman–Crippen LogP) is 2.22. The van der Waals surface area contributed by atoms with Gasteiger partial charge in [-0.2, -0.15) is 0 Å². The van der Waals surface area contributed by atoms with E-state index in [2.05, 4.69) is 10.3 Å². The van der Waals surface area contributed by atoms with Crippen molar-refractivity contribution in [3.05, 3.63) is 42.0 Å². The standard InChI is InChI=1S/C12H15N3O/c1-9-8-15-12(7-11(9)13)14-5-4-10-3-2-6-16-10/h2-3,6-8H,4-5H2,1H3,(H3,13,14,15). The molecule has 2 heterocycles. The van der Waals surface area contributed by atoms with Crippen molar-refractivity contribution in [2.45, 2.75) is 13.3 Å². The molecule has 0 atom stereocenters. The molecule has 4 heteroatoms. The van der Waals surface area contributed by atoms with Crippen molar-refractivity contribution in [2.75, 3.05) is 17.6 Å². The number of nitrogen functional groups attached to an aromatic ring is 1. The number of nitrogens with one attached hydrogen (secondary N) is 1. The van der Waals surface area contributed by atoms with Crippen LogP contribution in [-0.2, 0) is 6.42 Å². The van der Waals surface area contributed by atoms with Gasteiger partial charge in [0.1, 0.15) is 11.6 Å². The van der Waals surface area contributed by atoms with Crippen LogP contribution in [0.2, 0.25) is 0 Å². The summed E-state index contributed by atoms with van der Waals surface area (Å²) in [4.78, 5) is 4.24. The van der Waals surface area contributed by atoms with Gasteiger partial charge in [0.05, 0.1) is 6.26 Å². The van der Waals surface area contributed by atoms with Crippen LogP contribution in [0.3, 0.4) is 0 Å². The van der Waals surface area contributed by atoms with Crippen molar-refractivity contribution in [1.29, 1.82) is 0 Å². The SMILES string of the molecule is Cc1cnc(NCCc2ccco2)cc1N. The second-order valence-corrected chi connectivity index (χ2v) is 3.68. The van der Waals surface area contributed by atoms with E-state index in [-0.39, 0.29) is 0 Å². The van der Waals surface area contributed by atoms with E-state index in [1.165, 1.54) is 0 Å². The zero-order chi connectivity index (χ0) is 11.4. The summed E-state index contributed by atoms with van der Waals surface area (Å²) >= 11 is 0. The highest BCUT2D eigenvalue weighted by Crippen LogP contribution is 2.13. The maximum atomic E-state index is 5.79. The molecule has 2 rings (SSSR count). The summed E-state index contributed by atoms with van der Waals surface area (Å²) in [7, 11) is 0. The molecule has 2 aromatic heterocycles. The first kappa shape index (κ1) is 10.5. The molecule has 84 valence electrons. The summed E-state index contributed by atoms with van der Waals surface area (Å²) in [6.45, 7) is 2.72. The van der Waals surface area contributed by atoms with Gasteiger partial charge in [0, 0.05) is 30.9 Å². The molecule has 4 nitrogen and oxygen atoms in total. The van der Waals surface area contributed by atoms with Crippen molar-refractivity contribution >= 4 is 11.5 Å². The molecule has 0 aromatic carbocycles. The molecule has 2 aromatic rings. The Bertz CT molecular complexity index is 451.